The fourth-order valence-electron chi connectivity index (χ4n) is 1.80. The third-order valence-electron chi connectivity index (χ3n) is 3.00. The van der Waals surface area contributed by atoms with E-state index < -0.39 is 11.0 Å². The summed E-state index contributed by atoms with van der Waals surface area (Å²) < 4.78 is 5.02. The maximum atomic E-state index is 11.5. The van der Waals surface area contributed by atoms with E-state index in [1.807, 2.05) is 30.3 Å². The molecule has 0 unspecified atom stereocenters. The summed E-state index contributed by atoms with van der Waals surface area (Å²) in [6.07, 6.45) is -0.597. The van der Waals surface area contributed by atoms with Crippen LogP contribution in [0.5, 0.6) is 0 Å². The molecule has 0 aromatic heterocycles. The number of ether oxygens (including phenoxy) is 1. The Balaban J connectivity index is 1.84. The van der Waals surface area contributed by atoms with Crippen LogP contribution >= 0.6 is 0 Å². The second-order valence-corrected chi connectivity index (χ2v) is 4.75. The highest BCUT2D eigenvalue weighted by molar-refractivity contribution is 5.67. The summed E-state index contributed by atoms with van der Waals surface area (Å²) in [5, 5.41) is 13.2. The number of anilines is 1. The number of nitro groups is 1. The van der Waals surface area contributed by atoms with Crippen LogP contribution in [0, 0.1) is 22.0 Å². The van der Waals surface area contributed by atoms with E-state index in [0.29, 0.717) is 11.3 Å². The van der Waals surface area contributed by atoms with E-state index in [1.165, 1.54) is 18.2 Å². The molecule has 24 heavy (non-hydrogen) atoms. The summed E-state index contributed by atoms with van der Waals surface area (Å²) in [5.41, 5.74) is 7.16. The van der Waals surface area contributed by atoms with Gasteiger partial charge in [0.1, 0.15) is 6.61 Å². The highest BCUT2D eigenvalue weighted by Gasteiger charge is 2.07. The number of nitrogens with one attached hydrogen (secondary N) is 1. The van der Waals surface area contributed by atoms with E-state index in [0.717, 1.165) is 5.56 Å². The Kier molecular flexibility index (Phi) is 5.75. The van der Waals surface area contributed by atoms with Crippen LogP contribution in [0.15, 0.2) is 48.5 Å². The maximum absolute atomic E-state index is 11.5. The minimum Gasteiger partial charge on any atom is -0.445 e. The summed E-state index contributed by atoms with van der Waals surface area (Å²) in [6.45, 7) is 0.202. The van der Waals surface area contributed by atoms with Gasteiger partial charge in [-0.3, -0.25) is 10.1 Å². The third-order valence-corrected chi connectivity index (χ3v) is 3.00. The van der Waals surface area contributed by atoms with Crippen molar-refractivity contribution in [2.75, 3.05) is 12.3 Å². The van der Waals surface area contributed by atoms with Gasteiger partial charge in [-0.2, -0.15) is 0 Å². The average molecular weight is 325 g/mol. The molecule has 122 valence electrons. The van der Waals surface area contributed by atoms with Crippen molar-refractivity contribution in [3.63, 3.8) is 0 Å². The normalized spacial score (nSPS) is 9.50. The first-order valence-electron chi connectivity index (χ1n) is 7.03. The van der Waals surface area contributed by atoms with E-state index in [-0.39, 0.29) is 18.8 Å². The lowest BCUT2D eigenvalue weighted by Gasteiger charge is -2.04. The Morgan fingerprint density at radius 1 is 1.25 bits per heavy atom. The minimum absolute atomic E-state index is 0.0375. The molecule has 0 spiro atoms. The number of hydrogen-bond donors (Lipinski definition) is 2. The molecular formula is C17H15N3O4. The number of carbonyl (C=O) groups is 1. The number of non-ortho nitro benzene ring substituents is 1. The van der Waals surface area contributed by atoms with Gasteiger partial charge in [0.05, 0.1) is 17.0 Å². The first-order chi connectivity index (χ1) is 11.6. The van der Waals surface area contributed by atoms with Gasteiger partial charge in [-0.05, 0) is 11.6 Å². The summed E-state index contributed by atoms with van der Waals surface area (Å²) >= 11 is 0. The number of nitrogens with two attached hydrogens (primary N) is 1. The Morgan fingerprint density at radius 3 is 2.71 bits per heavy atom. The second-order valence-electron chi connectivity index (χ2n) is 4.75. The molecule has 0 fully saturated rings. The van der Waals surface area contributed by atoms with Crippen LogP contribution < -0.4 is 11.1 Å². The van der Waals surface area contributed by atoms with Crippen molar-refractivity contribution in [1.82, 2.24) is 5.32 Å². The number of alkyl carbamates (subject to hydrolysis) is 1. The maximum Gasteiger partial charge on any atom is 0.408 e. The summed E-state index contributed by atoms with van der Waals surface area (Å²) in [7, 11) is 0. The Hall–Kier alpha value is -3.53. The van der Waals surface area contributed by atoms with Gasteiger partial charge in [-0.15, -0.1) is 0 Å². The fraction of sp³-hybridized carbons (Fsp3) is 0.118. The van der Waals surface area contributed by atoms with E-state index in [4.69, 9.17) is 10.5 Å². The SMILES string of the molecule is Nc1ccc([N+](=O)[O-])cc1C#CCNC(=O)OCc1ccccc1. The molecule has 2 aromatic carbocycles. The molecule has 3 N–H and O–H groups in total. The van der Waals surface area contributed by atoms with Crippen LogP contribution in [-0.2, 0) is 11.3 Å². The van der Waals surface area contributed by atoms with Gasteiger partial charge in [-0.1, -0.05) is 42.2 Å². The van der Waals surface area contributed by atoms with Crippen LogP contribution in [0.1, 0.15) is 11.1 Å². The molecule has 7 heteroatoms. The smallest absolute Gasteiger partial charge is 0.408 e. The van der Waals surface area contributed by atoms with E-state index in [2.05, 4.69) is 17.2 Å². The van der Waals surface area contributed by atoms with Gasteiger partial charge in [-0.25, -0.2) is 4.79 Å². The van der Waals surface area contributed by atoms with Crippen LogP contribution in [0.25, 0.3) is 0 Å². The lowest BCUT2D eigenvalue weighted by molar-refractivity contribution is -0.384. The van der Waals surface area contributed by atoms with Gasteiger partial charge in [0.15, 0.2) is 0 Å². The number of carbonyl (C=O) groups excluding carboxylic acids is 1. The second kappa shape index (κ2) is 8.19. The topological polar surface area (TPSA) is 107 Å². The lowest BCUT2D eigenvalue weighted by atomic mass is 10.1. The third kappa shape index (κ3) is 5.03. The zero-order valence-corrected chi connectivity index (χ0v) is 12.7. The van der Waals surface area contributed by atoms with Crippen LogP contribution in [0.2, 0.25) is 0 Å². The van der Waals surface area contributed by atoms with E-state index >= 15 is 0 Å². The number of nitrogen functional groups attached to an aromatic ring is 1. The van der Waals surface area contributed by atoms with Crippen molar-refractivity contribution < 1.29 is 14.5 Å². The molecule has 0 heterocycles. The lowest BCUT2D eigenvalue weighted by Crippen LogP contribution is -2.24. The fourth-order valence-corrected chi connectivity index (χ4v) is 1.80. The Labute approximate surface area is 138 Å². The first kappa shape index (κ1) is 16.8. The molecule has 1 amide bonds. The molecular weight excluding hydrogens is 310 g/mol. The van der Waals surface area contributed by atoms with Gasteiger partial charge in [0, 0.05) is 17.8 Å². The number of benzene rings is 2. The zero-order valence-electron chi connectivity index (χ0n) is 12.7. The summed E-state index contributed by atoms with van der Waals surface area (Å²) in [6, 6.07) is 13.3. The molecule has 0 aliphatic rings. The minimum atomic E-state index is -0.597. The number of amides is 1. The Morgan fingerprint density at radius 2 is 2.00 bits per heavy atom. The number of rotatable bonds is 4. The predicted octanol–water partition coefficient (Wildman–Crippen LogP) is 2.45. The highest BCUT2D eigenvalue weighted by atomic mass is 16.6. The van der Waals surface area contributed by atoms with Crippen molar-refractivity contribution in [2.24, 2.45) is 0 Å². The number of nitro benzene ring substituents is 1. The molecule has 7 nitrogen and oxygen atoms in total. The number of nitrogens with zero attached hydrogens (tertiary/aromatic N) is 1. The van der Waals surface area contributed by atoms with Crippen LogP contribution in [0.3, 0.4) is 0 Å². The predicted molar refractivity (Wildman–Crippen MR) is 89.0 cm³/mol. The van der Waals surface area contributed by atoms with Crippen molar-refractivity contribution in [3.8, 4) is 11.8 Å². The number of hydrogen-bond acceptors (Lipinski definition) is 5. The van der Waals surface area contributed by atoms with Gasteiger partial charge in [0.25, 0.3) is 5.69 Å². The monoisotopic (exact) mass is 325 g/mol. The van der Waals surface area contributed by atoms with Crippen LogP contribution in [0.4, 0.5) is 16.2 Å². The largest absolute Gasteiger partial charge is 0.445 e. The van der Waals surface area contributed by atoms with Gasteiger partial charge >= 0.3 is 6.09 Å². The van der Waals surface area contributed by atoms with Crippen molar-refractivity contribution in [3.05, 3.63) is 69.8 Å². The van der Waals surface area contributed by atoms with E-state index in [1.54, 1.807) is 0 Å². The summed E-state index contributed by atoms with van der Waals surface area (Å²) in [5.74, 6) is 5.36. The molecule has 0 saturated carbocycles. The van der Waals surface area contributed by atoms with E-state index in [9.17, 15) is 14.9 Å². The van der Waals surface area contributed by atoms with Gasteiger partial charge in [0.2, 0.25) is 0 Å². The molecule has 0 radical (unpaired) electrons. The molecule has 0 aliphatic heterocycles. The molecule has 0 bridgehead atoms. The van der Waals surface area contributed by atoms with Crippen molar-refractivity contribution >= 4 is 17.5 Å². The summed E-state index contributed by atoms with van der Waals surface area (Å²) in [4.78, 5) is 21.7. The molecule has 0 aliphatic carbocycles. The highest BCUT2D eigenvalue weighted by Crippen LogP contribution is 2.18. The Bertz CT molecular complexity index is 794. The molecule has 0 saturated heterocycles. The quantitative estimate of drug-likeness (QED) is 0.388. The molecule has 2 rings (SSSR count). The molecule has 0 atom stereocenters. The standard InChI is InChI=1S/C17H15N3O4/c18-16-9-8-15(20(22)23)11-14(16)7-4-10-19-17(21)24-12-13-5-2-1-3-6-13/h1-3,5-6,8-9,11H,10,12,18H2,(H,19,21). The van der Waals surface area contributed by atoms with Crippen LogP contribution in [-0.4, -0.2) is 17.6 Å². The van der Waals surface area contributed by atoms with Crippen molar-refractivity contribution in [1.29, 1.82) is 0 Å². The first-order valence-corrected chi connectivity index (χ1v) is 7.03. The zero-order chi connectivity index (χ0) is 17.4. The molecule has 2 aromatic rings. The average Bonchev–Trinajstić information content (AvgIpc) is 2.59. The van der Waals surface area contributed by atoms with Crippen molar-refractivity contribution in [2.45, 2.75) is 6.61 Å². The van der Waals surface area contributed by atoms with Gasteiger partial charge < -0.3 is 15.8 Å².